The van der Waals surface area contributed by atoms with Crippen LogP contribution in [0.1, 0.15) is 10.4 Å². The highest BCUT2D eigenvalue weighted by Crippen LogP contribution is 2.25. The van der Waals surface area contributed by atoms with Crippen LogP contribution in [0.4, 0.5) is 5.69 Å². The molecule has 3 aromatic rings. The minimum absolute atomic E-state index is 0.0516. The minimum Gasteiger partial charge on any atom is -0.360 e. The molecule has 1 fully saturated rings. The van der Waals surface area contributed by atoms with E-state index in [0.717, 1.165) is 10.9 Å². The number of hydrogen-bond donors (Lipinski definition) is 2. The normalized spacial score (nSPS) is 14.4. The SMILES string of the molecule is O=C(Nc1cccc(Cl)c1)C1CN(C(=O)c2c[nH]c3ccccc23)C1. The zero-order valence-electron chi connectivity index (χ0n) is 13.3. The summed E-state index contributed by atoms with van der Waals surface area (Å²) in [6.45, 7) is 0.843. The second-order valence-electron chi connectivity index (χ2n) is 6.15. The lowest BCUT2D eigenvalue weighted by atomic mass is 9.97. The highest BCUT2D eigenvalue weighted by atomic mass is 35.5. The molecule has 0 unspecified atom stereocenters. The molecule has 5 nitrogen and oxygen atoms in total. The third-order valence-corrected chi connectivity index (χ3v) is 4.69. The predicted molar refractivity (Wildman–Crippen MR) is 97.8 cm³/mol. The van der Waals surface area contributed by atoms with Crippen molar-refractivity contribution in [3.8, 4) is 0 Å². The Hall–Kier alpha value is -2.79. The molecular weight excluding hydrogens is 338 g/mol. The number of halogens is 1. The lowest BCUT2D eigenvalue weighted by molar-refractivity contribution is -0.123. The second-order valence-corrected chi connectivity index (χ2v) is 6.59. The van der Waals surface area contributed by atoms with E-state index in [1.807, 2.05) is 24.3 Å². The molecule has 1 aliphatic heterocycles. The van der Waals surface area contributed by atoms with Gasteiger partial charge in [-0.3, -0.25) is 9.59 Å². The van der Waals surface area contributed by atoms with Crippen LogP contribution in [0.25, 0.3) is 10.9 Å². The number of anilines is 1. The van der Waals surface area contributed by atoms with Gasteiger partial charge in [0.2, 0.25) is 5.91 Å². The number of para-hydroxylation sites is 1. The summed E-state index contributed by atoms with van der Waals surface area (Å²) < 4.78 is 0. The van der Waals surface area contributed by atoms with Crippen LogP contribution >= 0.6 is 11.6 Å². The average molecular weight is 354 g/mol. The molecule has 6 heteroatoms. The molecule has 1 aliphatic rings. The number of fused-ring (bicyclic) bond motifs is 1. The van der Waals surface area contributed by atoms with E-state index < -0.39 is 0 Å². The van der Waals surface area contributed by atoms with Gasteiger partial charge in [0.25, 0.3) is 5.91 Å². The van der Waals surface area contributed by atoms with E-state index in [1.54, 1.807) is 35.4 Å². The van der Waals surface area contributed by atoms with Crippen LogP contribution < -0.4 is 5.32 Å². The van der Waals surface area contributed by atoms with Gasteiger partial charge in [0.15, 0.2) is 0 Å². The molecule has 4 rings (SSSR count). The van der Waals surface area contributed by atoms with E-state index in [-0.39, 0.29) is 17.7 Å². The van der Waals surface area contributed by atoms with Gasteiger partial charge >= 0.3 is 0 Å². The maximum Gasteiger partial charge on any atom is 0.256 e. The molecule has 0 bridgehead atoms. The Bertz CT molecular complexity index is 960. The molecule has 1 aromatic heterocycles. The summed E-state index contributed by atoms with van der Waals surface area (Å²) >= 11 is 5.92. The number of H-pyrrole nitrogens is 1. The smallest absolute Gasteiger partial charge is 0.256 e. The molecule has 25 heavy (non-hydrogen) atoms. The van der Waals surface area contributed by atoms with Gasteiger partial charge in [0.05, 0.1) is 11.5 Å². The quantitative estimate of drug-likeness (QED) is 0.756. The van der Waals surface area contributed by atoms with Crippen LogP contribution in [-0.2, 0) is 4.79 Å². The number of rotatable bonds is 3. The molecule has 0 radical (unpaired) electrons. The van der Waals surface area contributed by atoms with Crippen molar-refractivity contribution in [2.45, 2.75) is 0 Å². The minimum atomic E-state index is -0.201. The van der Waals surface area contributed by atoms with Crippen LogP contribution in [0.2, 0.25) is 5.02 Å². The lowest BCUT2D eigenvalue weighted by Crippen LogP contribution is -2.54. The molecular formula is C19H16ClN3O2. The molecule has 126 valence electrons. The van der Waals surface area contributed by atoms with Crippen molar-refractivity contribution in [2.75, 3.05) is 18.4 Å². The zero-order valence-corrected chi connectivity index (χ0v) is 14.1. The average Bonchev–Trinajstić information content (AvgIpc) is 2.97. The van der Waals surface area contributed by atoms with Crippen LogP contribution in [-0.4, -0.2) is 34.8 Å². The largest absolute Gasteiger partial charge is 0.360 e. The van der Waals surface area contributed by atoms with Crippen molar-refractivity contribution in [3.63, 3.8) is 0 Å². The van der Waals surface area contributed by atoms with Crippen LogP contribution in [0, 0.1) is 5.92 Å². The third kappa shape index (κ3) is 2.98. The van der Waals surface area contributed by atoms with Crippen LogP contribution in [0.3, 0.4) is 0 Å². The van der Waals surface area contributed by atoms with E-state index in [1.165, 1.54) is 0 Å². The Morgan fingerprint density at radius 3 is 2.72 bits per heavy atom. The monoisotopic (exact) mass is 353 g/mol. The fourth-order valence-corrected chi connectivity index (χ4v) is 3.23. The van der Waals surface area contributed by atoms with E-state index in [0.29, 0.717) is 29.4 Å². The summed E-state index contributed by atoms with van der Waals surface area (Å²) in [4.78, 5) is 29.7. The highest BCUT2D eigenvalue weighted by molar-refractivity contribution is 6.30. The van der Waals surface area contributed by atoms with Crippen LogP contribution in [0.5, 0.6) is 0 Å². The van der Waals surface area contributed by atoms with E-state index >= 15 is 0 Å². The van der Waals surface area contributed by atoms with Crippen LogP contribution in [0.15, 0.2) is 54.7 Å². The summed E-state index contributed by atoms with van der Waals surface area (Å²) in [5, 5.41) is 4.32. The molecule has 0 saturated carbocycles. The lowest BCUT2D eigenvalue weighted by Gasteiger charge is -2.38. The van der Waals surface area contributed by atoms with Gasteiger partial charge in [-0.25, -0.2) is 0 Å². The maximum atomic E-state index is 12.6. The Morgan fingerprint density at radius 1 is 1.12 bits per heavy atom. The first-order chi connectivity index (χ1) is 12.1. The van der Waals surface area contributed by atoms with Gasteiger partial charge in [-0.2, -0.15) is 0 Å². The molecule has 0 atom stereocenters. The summed E-state index contributed by atoms with van der Waals surface area (Å²) in [6, 6.07) is 14.7. The molecule has 2 N–H and O–H groups in total. The number of nitrogens with zero attached hydrogens (tertiary/aromatic N) is 1. The van der Waals surface area contributed by atoms with E-state index in [4.69, 9.17) is 11.6 Å². The number of hydrogen-bond acceptors (Lipinski definition) is 2. The molecule has 0 aliphatic carbocycles. The number of aromatic amines is 1. The van der Waals surface area contributed by atoms with Gasteiger partial charge in [-0.1, -0.05) is 35.9 Å². The van der Waals surface area contributed by atoms with Gasteiger partial charge in [0, 0.05) is 40.9 Å². The zero-order chi connectivity index (χ0) is 17.4. The molecule has 0 spiro atoms. The molecule has 2 heterocycles. The topological polar surface area (TPSA) is 65.2 Å². The van der Waals surface area contributed by atoms with Crippen molar-refractivity contribution in [3.05, 3.63) is 65.3 Å². The standard InChI is InChI=1S/C19H16ClN3O2/c20-13-4-3-5-14(8-13)22-18(24)12-10-23(11-12)19(25)16-9-21-17-7-2-1-6-15(16)17/h1-9,12,21H,10-11H2,(H,22,24). The summed E-state index contributed by atoms with van der Waals surface area (Å²) in [5.41, 5.74) is 2.24. The first-order valence-corrected chi connectivity index (χ1v) is 8.41. The summed E-state index contributed by atoms with van der Waals surface area (Å²) in [6.07, 6.45) is 1.73. The summed E-state index contributed by atoms with van der Waals surface area (Å²) in [5.74, 6) is -0.345. The van der Waals surface area contributed by atoms with E-state index in [2.05, 4.69) is 10.3 Å². The predicted octanol–water partition coefficient (Wildman–Crippen LogP) is 3.53. The summed E-state index contributed by atoms with van der Waals surface area (Å²) in [7, 11) is 0. The number of benzene rings is 2. The van der Waals surface area contributed by atoms with Crippen molar-refractivity contribution in [1.29, 1.82) is 0 Å². The fourth-order valence-electron chi connectivity index (χ4n) is 3.04. The molecule has 2 aromatic carbocycles. The Labute approximate surface area is 149 Å². The van der Waals surface area contributed by atoms with Crippen molar-refractivity contribution in [1.82, 2.24) is 9.88 Å². The molecule has 2 amide bonds. The Morgan fingerprint density at radius 2 is 1.92 bits per heavy atom. The number of carbonyl (C=O) groups excluding carboxylic acids is 2. The first-order valence-electron chi connectivity index (χ1n) is 8.03. The highest BCUT2D eigenvalue weighted by Gasteiger charge is 2.36. The Kier molecular flexibility index (Phi) is 3.93. The number of likely N-dealkylation sites (tertiary alicyclic amines) is 1. The number of aromatic nitrogens is 1. The third-order valence-electron chi connectivity index (χ3n) is 4.45. The van der Waals surface area contributed by atoms with Gasteiger partial charge < -0.3 is 15.2 Å². The second kappa shape index (κ2) is 6.26. The van der Waals surface area contributed by atoms with Crippen molar-refractivity contribution in [2.24, 2.45) is 5.92 Å². The Balaban J connectivity index is 1.40. The number of carbonyl (C=O) groups is 2. The number of amides is 2. The van der Waals surface area contributed by atoms with E-state index in [9.17, 15) is 9.59 Å². The van der Waals surface area contributed by atoms with Gasteiger partial charge in [-0.15, -0.1) is 0 Å². The number of nitrogens with one attached hydrogen (secondary N) is 2. The van der Waals surface area contributed by atoms with Gasteiger partial charge in [-0.05, 0) is 24.3 Å². The maximum absolute atomic E-state index is 12.6. The first kappa shape index (κ1) is 15.7. The van der Waals surface area contributed by atoms with Gasteiger partial charge in [0.1, 0.15) is 0 Å². The van der Waals surface area contributed by atoms with Crippen molar-refractivity contribution < 1.29 is 9.59 Å². The van der Waals surface area contributed by atoms with Crippen molar-refractivity contribution >= 4 is 40.0 Å². The fraction of sp³-hybridized carbons (Fsp3) is 0.158. The molecule has 1 saturated heterocycles.